The molecule has 0 radical (unpaired) electrons. The molecule has 0 aliphatic carbocycles. The largest absolute Gasteiger partial charge is 0.296 e. The van der Waals surface area contributed by atoms with Crippen molar-refractivity contribution in [3.8, 4) is 0 Å². The van der Waals surface area contributed by atoms with Crippen molar-refractivity contribution in [2.24, 2.45) is 10.2 Å². The van der Waals surface area contributed by atoms with Crippen LogP contribution in [0.2, 0.25) is 0 Å². The van der Waals surface area contributed by atoms with Gasteiger partial charge in [-0.3, -0.25) is 10.1 Å². The molecule has 5 nitrogen and oxygen atoms in total. The third-order valence-corrected chi connectivity index (χ3v) is 2.11. The fraction of sp³-hybridized carbons (Fsp3) is 0.0769. The van der Waals surface area contributed by atoms with Crippen LogP contribution < -0.4 is 0 Å². The predicted molar refractivity (Wildman–Crippen MR) is 70.4 cm³/mol. The molecule has 0 aliphatic heterocycles. The molecule has 0 amide bonds. The van der Waals surface area contributed by atoms with Crippen LogP contribution in [0.25, 0.3) is 0 Å². The molecule has 2 aromatic rings. The molecular weight excluding hydrogens is 230 g/mol. The Bertz CT molecular complexity index is 553. The number of azo groups is 1. The van der Waals surface area contributed by atoms with E-state index < -0.39 is 4.92 Å². The van der Waals surface area contributed by atoms with Crippen molar-refractivity contribution in [2.45, 2.75) is 7.43 Å². The minimum atomic E-state index is -0.473. The van der Waals surface area contributed by atoms with Gasteiger partial charge in [-0.05, 0) is 18.2 Å². The lowest BCUT2D eigenvalue weighted by Crippen LogP contribution is -1.86. The number of nitro groups is 1. The van der Waals surface area contributed by atoms with Crippen molar-refractivity contribution in [2.75, 3.05) is 0 Å². The molecule has 0 aromatic heterocycles. The summed E-state index contributed by atoms with van der Waals surface area (Å²) in [6.45, 7) is 0. The second-order valence-corrected chi connectivity index (χ2v) is 3.28. The summed E-state index contributed by atoms with van der Waals surface area (Å²) in [6.07, 6.45) is 0. The van der Waals surface area contributed by atoms with Crippen molar-refractivity contribution in [1.29, 1.82) is 0 Å². The van der Waals surface area contributed by atoms with E-state index >= 15 is 0 Å². The number of para-hydroxylation sites is 1. The molecule has 0 fully saturated rings. The van der Waals surface area contributed by atoms with Gasteiger partial charge in [-0.2, -0.15) is 5.11 Å². The van der Waals surface area contributed by atoms with Crippen LogP contribution in [0.15, 0.2) is 64.8 Å². The smallest absolute Gasteiger partial charge is 0.258 e. The van der Waals surface area contributed by atoms with Gasteiger partial charge in [0.2, 0.25) is 0 Å². The Labute approximate surface area is 105 Å². The second kappa shape index (κ2) is 6.24. The van der Waals surface area contributed by atoms with Crippen LogP contribution in [-0.2, 0) is 0 Å². The molecule has 92 valence electrons. The normalized spacial score (nSPS) is 10.0. The monoisotopic (exact) mass is 243 g/mol. The summed E-state index contributed by atoms with van der Waals surface area (Å²) < 4.78 is 0. The van der Waals surface area contributed by atoms with Gasteiger partial charge in [0.25, 0.3) is 5.69 Å². The van der Waals surface area contributed by atoms with Crippen molar-refractivity contribution >= 4 is 17.1 Å². The fourth-order valence-corrected chi connectivity index (χ4v) is 1.31. The predicted octanol–water partition coefficient (Wildman–Crippen LogP) is 4.65. The minimum Gasteiger partial charge on any atom is -0.258 e. The lowest BCUT2D eigenvalue weighted by Gasteiger charge is -1.95. The van der Waals surface area contributed by atoms with Gasteiger partial charge in [0, 0.05) is 6.07 Å². The molecule has 2 aromatic carbocycles. The minimum absolute atomic E-state index is 0. The number of hydrogen-bond donors (Lipinski definition) is 0. The van der Waals surface area contributed by atoms with Crippen molar-refractivity contribution in [1.82, 2.24) is 0 Å². The average Bonchev–Trinajstić information content (AvgIpc) is 2.38. The van der Waals surface area contributed by atoms with Crippen LogP contribution in [0, 0.1) is 10.1 Å². The highest BCUT2D eigenvalue weighted by Crippen LogP contribution is 2.27. The third kappa shape index (κ3) is 3.21. The van der Waals surface area contributed by atoms with Gasteiger partial charge in [0.15, 0.2) is 5.69 Å². The van der Waals surface area contributed by atoms with E-state index in [1.54, 1.807) is 30.3 Å². The van der Waals surface area contributed by atoms with E-state index in [0.29, 0.717) is 5.69 Å². The molecule has 5 heteroatoms. The van der Waals surface area contributed by atoms with Gasteiger partial charge < -0.3 is 0 Å². The standard InChI is InChI=1S/C12H9N3O2.CH4/c16-15(17)12-9-5-4-8-11(12)14-13-10-6-2-1-3-7-10;/h1-9H;1H4. The first-order valence-corrected chi connectivity index (χ1v) is 4.97. The molecule has 0 saturated carbocycles. The number of rotatable bonds is 3. The van der Waals surface area contributed by atoms with Crippen LogP contribution in [-0.4, -0.2) is 4.92 Å². The van der Waals surface area contributed by atoms with Crippen LogP contribution >= 0.6 is 0 Å². The topological polar surface area (TPSA) is 67.9 Å². The first kappa shape index (κ1) is 13.5. The zero-order chi connectivity index (χ0) is 12.1. The third-order valence-electron chi connectivity index (χ3n) is 2.11. The molecular formula is C13H13N3O2. The summed E-state index contributed by atoms with van der Waals surface area (Å²) in [6, 6.07) is 15.3. The summed E-state index contributed by atoms with van der Waals surface area (Å²) in [5.74, 6) is 0. The zero-order valence-corrected chi connectivity index (χ0v) is 8.85. The Morgan fingerprint density at radius 3 is 2.17 bits per heavy atom. The van der Waals surface area contributed by atoms with E-state index in [-0.39, 0.29) is 18.8 Å². The van der Waals surface area contributed by atoms with E-state index in [2.05, 4.69) is 10.2 Å². The van der Waals surface area contributed by atoms with Crippen molar-refractivity contribution in [3.63, 3.8) is 0 Å². The van der Waals surface area contributed by atoms with E-state index in [0.717, 1.165) is 0 Å². The highest BCUT2D eigenvalue weighted by Gasteiger charge is 2.11. The molecule has 18 heavy (non-hydrogen) atoms. The Balaban J connectivity index is 0.00000162. The van der Waals surface area contributed by atoms with Crippen LogP contribution in [0.3, 0.4) is 0 Å². The van der Waals surface area contributed by atoms with Gasteiger partial charge in [-0.1, -0.05) is 37.8 Å². The van der Waals surface area contributed by atoms with Crippen molar-refractivity contribution < 1.29 is 4.92 Å². The van der Waals surface area contributed by atoms with Crippen molar-refractivity contribution in [3.05, 3.63) is 64.7 Å². The number of hydrogen-bond acceptors (Lipinski definition) is 4. The summed E-state index contributed by atoms with van der Waals surface area (Å²) in [7, 11) is 0. The first-order valence-electron chi connectivity index (χ1n) is 4.97. The van der Waals surface area contributed by atoms with Crippen LogP contribution in [0.5, 0.6) is 0 Å². The zero-order valence-electron chi connectivity index (χ0n) is 8.85. The van der Waals surface area contributed by atoms with E-state index in [1.165, 1.54) is 6.07 Å². The maximum Gasteiger partial charge on any atom is 0.296 e. The maximum absolute atomic E-state index is 10.7. The highest BCUT2D eigenvalue weighted by molar-refractivity contribution is 5.56. The molecule has 0 saturated heterocycles. The first-order chi connectivity index (χ1) is 8.27. The summed E-state index contributed by atoms with van der Waals surface area (Å²) in [4.78, 5) is 10.3. The number of benzene rings is 2. The van der Waals surface area contributed by atoms with Crippen LogP contribution in [0.4, 0.5) is 17.1 Å². The van der Waals surface area contributed by atoms with Gasteiger partial charge in [-0.25, -0.2) is 0 Å². The van der Waals surface area contributed by atoms with E-state index in [9.17, 15) is 10.1 Å². The number of nitrogens with zero attached hydrogens (tertiary/aromatic N) is 3. The Morgan fingerprint density at radius 1 is 0.889 bits per heavy atom. The molecule has 0 unspecified atom stereocenters. The fourth-order valence-electron chi connectivity index (χ4n) is 1.31. The summed E-state index contributed by atoms with van der Waals surface area (Å²) in [5, 5.41) is 18.6. The van der Waals surface area contributed by atoms with Gasteiger partial charge >= 0.3 is 0 Å². The molecule has 2 rings (SSSR count). The molecule has 0 spiro atoms. The molecule has 0 atom stereocenters. The Hall–Kier alpha value is -2.56. The van der Waals surface area contributed by atoms with Gasteiger partial charge in [-0.15, -0.1) is 5.11 Å². The molecule has 0 N–H and O–H groups in total. The maximum atomic E-state index is 10.7. The molecule has 0 heterocycles. The number of nitro benzene ring substituents is 1. The SMILES string of the molecule is C.O=[N+]([O-])c1ccccc1N=Nc1ccccc1. The molecule has 0 bridgehead atoms. The lowest BCUT2D eigenvalue weighted by atomic mass is 10.3. The summed E-state index contributed by atoms with van der Waals surface area (Å²) >= 11 is 0. The summed E-state index contributed by atoms with van der Waals surface area (Å²) in [5.41, 5.74) is 0.860. The average molecular weight is 243 g/mol. The van der Waals surface area contributed by atoms with Crippen LogP contribution in [0.1, 0.15) is 7.43 Å². The quantitative estimate of drug-likeness (QED) is 0.447. The molecule has 0 aliphatic rings. The van der Waals surface area contributed by atoms with Gasteiger partial charge in [0.1, 0.15) is 0 Å². The lowest BCUT2D eigenvalue weighted by molar-refractivity contribution is -0.384. The van der Waals surface area contributed by atoms with E-state index in [1.807, 2.05) is 18.2 Å². The highest BCUT2D eigenvalue weighted by atomic mass is 16.6. The second-order valence-electron chi connectivity index (χ2n) is 3.28. The Kier molecular flexibility index (Phi) is 4.68. The Morgan fingerprint density at radius 2 is 1.50 bits per heavy atom. The van der Waals surface area contributed by atoms with E-state index in [4.69, 9.17) is 0 Å². The van der Waals surface area contributed by atoms with Gasteiger partial charge in [0.05, 0.1) is 10.6 Å².